The van der Waals surface area contributed by atoms with Gasteiger partial charge < -0.3 is 14.6 Å². The highest BCUT2D eigenvalue weighted by atomic mass is 79.9. The number of carboxylic acid groups (broad SMARTS) is 1. The first kappa shape index (κ1) is 29.2. The van der Waals surface area contributed by atoms with Crippen molar-refractivity contribution in [2.24, 2.45) is 4.99 Å². The molecule has 0 atom stereocenters. The van der Waals surface area contributed by atoms with Crippen LogP contribution < -0.4 is 9.47 Å². The Morgan fingerprint density at radius 3 is 2.26 bits per heavy atom. The van der Waals surface area contributed by atoms with Gasteiger partial charge in [-0.2, -0.15) is 0 Å². The number of aliphatic imine (C=N–C) groups is 1. The molecule has 4 aromatic rings. The third-order valence-corrected chi connectivity index (χ3v) is 7.99. The molecule has 212 valence electrons. The summed E-state index contributed by atoms with van der Waals surface area (Å²) >= 11 is 4.93. The predicted molar refractivity (Wildman–Crippen MR) is 169 cm³/mol. The molecule has 1 amide bonds. The van der Waals surface area contributed by atoms with Gasteiger partial charge in [-0.3, -0.25) is 9.69 Å². The minimum Gasteiger partial charge on any atom is -0.490 e. The van der Waals surface area contributed by atoms with Crippen LogP contribution in [-0.4, -0.2) is 33.7 Å². The summed E-state index contributed by atoms with van der Waals surface area (Å²) in [7, 11) is 0. The summed E-state index contributed by atoms with van der Waals surface area (Å²) in [5.41, 5.74) is 3.49. The fourth-order valence-corrected chi connectivity index (χ4v) is 5.62. The molecule has 5 rings (SSSR count). The first-order valence-electron chi connectivity index (χ1n) is 13.2. The van der Waals surface area contributed by atoms with Gasteiger partial charge in [-0.1, -0.05) is 76.6 Å². The van der Waals surface area contributed by atoms with Gasteiger partial charge in [0.25, 0.3) is 5.91 Å². The molecule has 0 radical (unpaired) electrons. The molecule has 0 spiro atoms. The van der Waals surface area contributed by atoms with Crippen LogP contribution in [0.5, 0.6) is 11.5 Å². The van der Waals surface area contributed by atoms with Crippen LogP contribution in [0.3, 0.4) is 0 Å². The van der Waals surface area contributed by atoms with Crippen LogP contribution in [0.25, 0.3) is 6.08 Å². The van der Waals surface area contributed by atoms with Crippen molar-refractivity contribution < 1.29 is 24.2 Å². The Morgan fingerprint density at radius 2 is 1.60 bits per heavy atom. The molecule has 0 bridgehead atoms. The molecule has 42 heavy (non-hydrogen) atoms. The lowest BCUT2D eigenvalue weighted by Crippen LogP contribution is -2.28. The van der Waals surface area contributed by atoms with Gasteiger partial charge in [0.2, 0.25) is 0 Å². The molecule has 1 heterocycles. The molecule has 9 heteroatoms. The van der Waals surface area contributed by atoms with E-state index >= 15 is 0 Å². The fourth-order valence-electron chi connectivity index (χ4n) is 4.20. The van der Waals surface area contributed by atoms with E-state index in [0.29, 0.717) is 34.8 Å². The molecule has 1 fully saturated rings. The number of aromatic carboxylic acids is 1. The maximum Gasteiger partial charge on any atom is 0.335 e. The van der Waals surface area contributed by atoms with Crippen LogP contribution in [0.4, 0.5) is 5.69 Å². The van der Waals surface area contributed by atoms with Crippen LogP contribution in [-0.2, 0) is 17.9 Å². The second kappa shape index (κ2) is 13.5. The first-order valence-corrected chi connectivity index (χ1v) is 14.8. The fraction of sp³-hybridized carbons (Fsp3) is 0.121. The lowest BCUT2D eigenvalue weighted by Gasteiger charge is -2.16. The zero-order valence-corrected chi connectivity index (χ0v) is 25.1. The summed E-state index contributed by atoms with van der Waals surface area (Å²) in [6, 6.07) is 29.5. The SMILES string of the molecule is CCOc1cc(/C=C2\SC(=Nc3ccccc3)N(Cc3ccc(C(=O)O)cc3)C2=O)c(Br)cc1OCc1ccccc1. The van der Waals surface area contributed by atoms with Crippen molar-refractivity contribution in [2.45, 2.75) is 20.1 Å². The second-order valence-corrected chi connectivity index (χ2v) is 11.1. The monoisotopic (exact) mass is 642 g/mol. The van der Waals surface area contributed by atoms with Gasteiger partial charge in [-0.05, 0) is 77.9 Å². The van der Waals surface area contributed by atoms with E-state index in [4.69, 9.17) is 14.5 Å². The number of hydrogen-bond donors (Lipinski definition) is 1. The minimum absolute atomic E-state index is 0.186. The predicted octanol–water partition coefficient (Wildman–Crippen LogP) is 7.93. The Labute approximate surface area is 256 Å². The average molecular weight is 644 g/mol. The van der Waals surface area contributed by atoms with E-state index in [1.807, 2.05) is 85.8 Å². The molecule has 1 aliphatic heterocycles. The number of thioether (sulfide) groups is 1. The third-order valence-electron chi connectivity index (χ3n) is 6.30. The van der Waals surface area contributed by atoms with Crippen molar-refractivity contribution in [2.75, 3.05) is 6.61 Å². The number of rotatable bonds is 10. The van der Waals surface area contributed by atoms with Crippen LogP contribution in [0.15, 0.2) is 111 Å². The van der Waals surface area contributed by atoms with Gasteiger partial charge in [0.1, 0.15) is 6.61 Å². The summed E-state index contributed by atoms with van der Waals surface area (Å²) in [5, 5.41) is 9.77. The average Bonchev–Trinajstić information content (AvgIpc) is 3.28. The Hall–Kier alpha value is -4.34. The number of amidine groups is 1. The molecule has 4 aromatic carbocycles. The quantitative estimate of drug-likeness (QED) is 0.177. The number of carbonyl (C=O) groups excluding carboxylic acids is 1. The zero-order chi connectivity index (χ0) is 29.5. The minimum atomic E-state index is -1.00. The number of nitrogens with zero attached hydrogens (tertiary/aromatic N) is 2. The van der Waals surface area contributed by atoms with Crippen molar-refractivity contribution in [3.8, 4) is 11.5 Å². The van der Waals surface area contributed by atoms with Gasteiger partial charge in [0.05, 0.1) is 29.3 Å². The van der Waals surface area contributed by atoms with E-state index in [1.165, 1.54) is 23.9 Å². The van der Waals surface area contributed by atoms with E-state index in [0.717, 1.165) is 26.9 Å². The van der Waals surface area contributed by atoms with Gasteiger partial charge in [-0.25, -0.2) is 9.79 Å². The smallest absolute Gasteiger partial charge is 0.335 e. The topological polar surface area (TPSA) is 88.4 Å². The highest BCUT2D eigenvalue weighted by Gasteiger charge is 2.34. The van der Waals surface area contributed by atoms with Crippen molar-refractivity contribution >= 4 is 56.5 Å². The molecule has 0 unspecified atom stereocenters. The number of hydrogen-bond acceptors (Lipinski definition) is 6. The lowest BCUT2D eigenvalue weighted by molar-refractivity contribution is -0.122. The van der Waals surface area contributed by atoms with Crippen LogP contribution >= 0.6 is 27.7 Å². The number of halogens is 1. The summed E-state index contributed by atoms with van der Waals surface area (Å²) in [5.74, 6) is -0.0315. The van der Waals surface area contributed by atoms with Crippen LogP contribution in [0.2, 0.25) is 0 Å². The second-order valence-electron chi connectivity index (χ2n) is 9.26. The first-order chi connectivity index (χ1) is 20.4. The number of para-hydroxylation sites is 1. The van der Waals surface area contributed by atoms with Crippen LogP contribution in [0.1, 0.15) is 34.0 Å². The Balaban J connectivity index is 1.45. The van der Waals surface area contributed by atoms with E-state index in [2.05, 4.69) is 15.9 Å². The molecular weight excluding hydrogens is 616 g/mol. The van der Waals surface area contributed by atoms with E-state index in [9.17, 15) is 14.7 Å². The Bertz CT molecular complexity index is 1640. The van der Waals surface area contributed by atoms with Crippen molar-refractivity contribution in [1.82, 2.24) is 4.90 Å². The molecule has 0 aromatic heterocycles. The Morgan fingerprint density at radius 1 is 0.929 bits per heavy atom. The van der Waals surface area contributed by atoms with E-state index < -0.39 is 5.97 Å². The highest BCUT2D eigenvalue weighted by Crippen LogP contribution is 2.39. The summed E-state index contributed by atoms with van der Waals surface area (Å²) in [4.78, 5) is 31.9. The van der Waals surface area contributed by atoms with Gasteiger partial charge in [0.15, 0.2) is 16.7 Å². The number of carbonyl (C=O) groups is 2. The van der Waals surface area contributed by atoms with Gasteiger partial charge in [-0.15, -0.1) is 0 Å². The zero-order valence-electron chi connectivity index (χ0n) is 22.7. The number of carboxylic acids is 1. The van der Waals surface area contributed by atoms with Gasteiger partial charge >= 0.3 is 5.97 Å². The third kappa shape index (κ3) is 7.10. The summed E-state index contributed by atoms with van der Waals surface area (Å²) in [6.07, 6.45) is 1.81. The van der Waals surface area contributed by atoms with Crippen molar-refractivity contribution in [3.05, 3.63) is 129 Å². The molecule has 0 aliphatic carbocycles. The molecule has 0 saturated carbocycles. The maximum absolute atomic E-state index is 13.7. The number of amides is 1. The van der Waals surface area contributed by atoms with Gasteiger partial charge in [0, 0.05) is 4.47 Å². The lowest BCUT2D eigenvalue weighted by atomic mass is 10.1. The Kier molecular flexibility index (Phi) is 9.41. The normalized spacial score (nSPS) is 14.9. The molecule has 1 aliphatic rings. The van der Waals surface area contributed by atoms with E-state index in [-0.39, 0.29) is 18.0 Å². The summed E-state index contributed by atoms with van der Waals surface area (Å²) in [6.45, 7) is 3.00. The molecular formula is C33H27BrN2O5S. The molecule has 1 N–H and O–H groups in total. The number of ether oxygens (including phenoxy) is 2. The maximum atomic E-state index is 13.7. The summed E-state index contributed by atoms with van der Waals surface area (Å²) < 4.78 is 12.7. The molecule has 1 saturated heterocycles. The standard InChI is InChI=1S/C33H27BrN2O5S/c1-2-40-28-17-25(27(34)19-29(28)41-21-23-9-5-3-6-10-23)18-30-31(37)36(20-22-13-15-24(16-14-22)32(38)39)33(42-30)35-26-11-7-4-8-12-26/h3-19H,2,20-21H2,1H3,(H,38,39)/b30-18-,35-33?. The van der Waals surface area contributed by atoms with E-state index in [1.54, 1.807) is 17.0 Å². The molecule has 7 nitrogen and oxygen atoms in total. The highest BCUT2D eigenvalue weighted by molar-refractivity contribution is 9.10. The van der Waals surface area contributed by atoms with Crippen molar-refractivity contribution in [3.63, 3.8) is 0 Å². The van der Waals surface area contributed by atoms with Crippen LogP contribution in [0, 0.1) is 0 Å². The van der Waals surface area contributed by atoms with Crippen molar-refractivity contribution in [1.29, 1.82) is 0 Å². The largest absolute Gasteiger partial charge is 0.490 e. The number of benzene rings is 4.